The predicted molar refractivity (Wildman–Crippen MR) is 141 cm³/mol. The molecule has 0 spiro atoms. The number of para-hydroxylation sites is 2. The van der Waals surface area contributed by atoms with Gasteiger partial charge in [-0.2, -0.15) is 13.2 Å². The van der Waals surface area contributed by atoms with Crippen molar-refractivity contribution in [1.82, 2.24) is 0 Å². The predicted octanol–water partition coefficient (Wildman–Crippen LogP) is 6.11. The van der Waals surface area contributed by atoms with Gasteiger partial charge in [-0.15, -0.1) is 0 Å². The molecule has 4 rings (SSSR count). The average Bonchev–Trinajstić information content (AvgIpc) is 3.08. The standard InChI is InChI=1S/C28H23ClF3N3O4/c1-16(2)39-22-9-4-3-8-21(22)34-23(36)14-17-10-12-19(13-11-17)33-25-24(29)26(37)35(27(25)38)20-7-5-6-18(15-20)28(30,31)32/h3-13,15-16,33H,14H2,1-2H3,(H,34,36). The first-order chi connectivity index (χ1) is 18.4. The van der Waals surface area contributed by atoms with Gasteiger partial charge in [-0.1, -0.05) is 41.9 Å². The molecular formula is C28H23ClF3N3O4. The van der Waals surface area contributed by atoms with E-state index in [0.29, 0.717) is 33.7 Å². The fourth-order valence-corrected chi connectivity index (χ4v) is 4.04. The van der Waals surface area contributed by atoms with Crippen molar-refractivity contribution in [2.75, 3.05) is 15.5 Å². The van der Waals surface area contributed by atoms with E-state index in [1.54, 1.807) is 42.5 Å². The van der Waals surface area contributed by atoms with Crippen LogP contribution in [-0.4, -0.2) is 23.8 Å². The molecule has 0 unspecified atom stereocenters. The average molecular weight is 558 g/mol. The number of rotatable bonds is 8. The van der Waals surface area contributed by atoms with Crippen molar-refractivity contribution in [3.63, 3.8) is 0 Å². The van der Waals surface area contributed by atoms with E-state index >= 15 is 0 Å². The smallest absolute Gasteiger partial charge is 0.416 e. The molecule has 0 saturated carbocycles. The summed E-state index contributed by atoms with van der Waals surface area (Å²) in [6.07, 6.45) is -4.66. The lowest BCUT2D eigenvalue weighted by Crippen LogP contribution is -2.32. The minimum Gasteiger partial charge on any atom is -0.489 e. The molecule has 11 heteroatoms. The maximum absolute atomic E-state index is 13.1. The summed E-state index contributed by atoms with van der Waals surface area (Å²) in [7, 11) is 0. The Morgan fingerprint density at radius 2 is 1.67 bits per heavy atom. The summed E-state index contributed by atoms with van der Waals surface area (Å²) < 4.78 is 45.0. The number of alkyl halides is 3. The second-order valence-electron chi connectivity index (χ2n) is 8.89. The number of hydrogen-bond donors (Lipinski definition) is 2. The Morgan fingerprint density at radius 3 is 2.33 bits per heavy atom. The Hall–Kier alpha value is -4.31. The summed E-state index contributed by atoms with van der Waals surface area (Å²) in [6, 6.07) is 17.4. The number of nitrogens with zero attached hydrogens (tertiary/aromatic N) is 1. The van der Waals surface area contributed by atoms with Crippen molar-refractivity contribution in [3.8, 4) is 5.75 Å². The highest BCUT2D eigenvalue weighted by Crippen LogP contribution is 2.35. The van der Waals surface area contributed by atoms with Crippen LogP contribution in [0.4, 0.5) is 30.2 Å². The molecule has 0 bridgehead atoms. The highest BCUT2D eigenvalue weighted by molar-refractivity contribution is 6.53. The molecule has 0 saturated heterocycles. The topological polar surface area (TPSA) is 87.7 Å². The van der Waals surface area contributed by atoms with Crippen LogP contribution in [0.2, 0.25) is 0 Å². The van der Waals surface area contributed by atoms with E-state index in [0.717, 1.165) is 12.1 Å². The number of benzene rings is 3. The van der Waals surface area contributed by atoms with Gasteiger partial charge < -0.3 is 15.4 Å². The molecule has 39 heavy (non-hydrogen) atoms. The molecule has 2 N–H and O–H groups in total. The molecule has 3 aromatic rings. The van der Waals surface area contributed by atoms with Crippen molar-refractivity contribution in [2.45, 2.75) is 32.5 Å². The Labute approximate surface area is 227 Å². The van der Waals surface area contributed by atoms with Gasteiger partial charge in [0.05, 0.1) is 29.5 Å². The van der Waals surface area contributed by atoms with E-state index in [1.807, 2.05) is 19.9 Å². The molecule has 202 valence electrons. The summed E-state index contributed by atoms with van der Waals surface area (Å²) in [5.74, 6) is -1.55. The van der Waals surface area contributed by atoms with Gasteiger partial charge in [0.1, 0.15) is 16.5 Å². The van der Waals surface area contributed by atoms with E-state index in [4.69, 9.17) is 16.3 Å². The van der Waals surface area contributed by atoms with Gasteiger partial charge in [-0.05, 0) is 61.9 Å². The monoisotopic (exact) mass is 557 g/mol. The molecule has 1 heterocycles. The fraction of sp³-hybridized carbons (Fsp3) is 0.179. The van der Waals surface area contributed by atoms with Crippen LogP contribution >= 0.6 is 11.6 Å². The molecule has 7 nitrogen and oxygen atoms in total. The van der Waals surface area contributed by atoms with Crippen molar-refractivity contribution >= 4 is 46.4 Å². The lowest BCUT2D eigenvalue weighted by molar-refractivity contribution is -0.137. The number of amides is 3. The molecule has 0 radical (unpaired) electrons. The highest BCUT2D eigenvalue weighted by Gasteiger charge is 2.40. The first-order valence-corrected chi connectivity index (χ1v) is 12.2. The van der Waals surface area contributed by atoms with Crippen LogP contribution in [0.15, 0.2) is 83.5 Å². The zero-order chi connectivity index (χ0) is 28.3. The minimum absolute atomic E-state index is 0.0560. The number of carbonyl (C=O) groups excluding carboxylic acids is 3. The number of halogens is 4. The normalized spacial score (nSPS) is 13.8. The van der Waals surface area contributed by atoms with Gasteiger partial charge >= 0.3 is 6.18 Å². The lowest BCUT2D eigenvalue weighted by atomic mass is 10.1. The van der Waals surface area contributed by atoms with Crippen molar-refractivity contribution < 1.29 is 32.3 Å². The van der Waals surface area contributed by atoms with Crippen molar-refractivity contribution in [2.24, 2.45) is 0 Å². The Morgan fingerprint density at radius 1 is 0.974 bits per heavy atom. The number of nitrogens with one attached hydrogen (secondary N) is 2. The van der Waals surface area contributed by atoms with Crippen molar-refractivity contribution in [3.05, 3.63) is 94.7 Å². The number of imide groups is 1. The van der Waals surface area contributed by atoms with Crippen LogP contribution < -0.4 is 20.3 Å². The Bertz CT molecular complexity index is 1450. The lowest BCUT2D eigenvalue weighted by Gasteiger charge is -2.17. The number of carbonyl (C=O) groups is 3. The van der Waals surface area contributed by atoms with Crippen LogP contribution in [0.25, 0.3) is 0 Å². The largest absolute Gasteiger partial charge is 0.489 e. The minimum atomic E-state index is -4.65. The number of ether oxygens (including phenoxy) is 1. The molecule has 0 aromatic heterocycles. The molecule has 3 amide bonds. The third-order valence-corrected chi connectivity index (χ3v) is 5.92. The summed E-state index contributed by atoms with van der Waals surface area (Å²) in [4.78, 5) is 38.7. The second-order valence-corrected chi connectivity index (χ2v) is 9.27. The van der Waals surface area contributed by atoms with E-state index in [-0.39, 0.29) is 29.8 Å². The summed E-state index contributed by atoms with van der Waals surface area (Å²) in [5, 5.41) is 5.13. The van der Waals surface area contributed by atoms with Crippen LogP contribution in [0.3, 0.4) is 0 Å². The Kier molecular flexibility index (Phi) is 7.96. The van der Waals surface area contributed by atoms with Crippen LogP contribution in [0, 0.1) is 0 Å². The molecule has 3 aromatic carbocycles. The van der Waals surface area contributed by atoms with E-state index < -0.39 is 28.6 Å². The third kappa shape index (κ3) is 6.40. The second kappa shape index (κ2) is 11.2. The van der Waals surface area contributed by atoms with Gasteiger partial charge in [0, 0.05) is 5.69 Å². The van der Waals surface area contributed by atoms with Gasteiger partial charge in [-0.25, -0.2) is 4.90 Å². The quantitative estimate of drug-likeness (QED) is 0.326. The first-order valence-electron chi connectivity index (χ1n) is 11.8. The van der Waals surface area contributed by atoms with E-state index in [1.165, 1.54) is 6.07 Å². The van der Waals surface area contributed by atoms with E-state index in [9.17, 15) is 27.6 Å². The fourth-order valence-electron chi connectivity index (χ4n) is 3.82. The summed E-state index contributed by atoms with van der Waals surface area (Å²) >= 11 is 6.09. The molecule has 0 atom stereocenters. The van der Waals surface area contributed by atoms with Crippen LogP contribution in [-0.2, 0) is 27.0 Å². The Balaban J connectivity index is 1.43. The van der Waals surface area contributed by atoms with Crippen LogP contribution in [0.5, 0.6) is 5.75 Å². The molecule has 1 aliphatic rings. The molecule has 1 aliphatic heterocycles. The summed E-state index contributed by atoms with van der Waals surface area (Å²) in [5.41, 5.74) is 0.0668. The molecule has 0 fully saturated rings. The maximum atomic E-state index is 13.1. The SMILES string of the molecule is CC(C)Oc1ccccc1NC(=O)Cc1ccc(NC2=C(Cl)C(=O)N(c3cccc(C(F)(F)F)c3)C2=O)cc1. The maximum Gasteiger partial charge on any atom is 0.416 e. The van der Waals surface area contributed by atoms with Gasteiger partial charge in [0.2, 0.25) is 5.91 Å². The highest BCUT2D eigenvalue weighted by atomic mass is 35.5. The first kappa shape index (κ1) is 27.7. The van der Waals surface area contributed by atoms with E-state index in [2.05, 4.69) is 10.6 Å². The number of hydrogen-bond acceptors (Lipinski definition) is 5. The third-order valence-electron chi connectivity index (χ3n) is 5.57. The van der Waals surface area contributed by atoms with Gasteiger partial charge in [-0.3, -0.25) is 14.4 Å². The van der Waals surface area contributed by atoms with Crippen molar-refractivity contribution in [1.29, 1.82) is 0 Å². The van der Waals surface area contributed by atoms with Gasteiger partial charge in [0.15, 0.2) is 0 Å². The summed E-state index contributed by atoms with van der Waals surface area (Å²) in [6.45, 7) is 3.77. The zero-order valence-corrected chi connectivity index (χ0v) is 21.6. The zero-order valence-electron chi connectivity index (χ0n) is 20.8. The molecular weight excluding hydrogens is 535 g/mol. The van der Waals surface area contributed by atoms with Crippen LogP contribution in [0.1, 0.15) is 25.0 Å². The van der Waals surface area contributed by atoms with Gasteiger partial charge in [0.25, 0.3) is 11.8 Å². The molecule has 0 aliphatic carbocycles. The number of anilines is 3.